The second-order valence-electron chi connectivity index (χ2n) is 5.40. The second-order valence-corrected chi connectivity index (χ2v) is 6.78. The number of rotatable bonds is 3. The van der Waals surface area contributed by atoms with Gasteiger partial charge in [-0.3, -0.25) is 9.97 Å². The van der Waals surface area contributed by atoms with Crippen molar-refractivity contribution >= 4 is 22.3 Å². The van der Waals surface area contributed by atoms with Crippen LogP contribution in [0.4, 0.5) is 0 Å². The van der Waals surface area contributed by atoms with Gasteiger partial charge in [-0.05, 0) is 41.0 Å². The maximum Gasteiger partial charge on any atom is 0.161 e. The lowest BCUT2D eigenvalue weighted by atomic mass is 10.1. The molecule has 0 bridgehead atoms. The predicted molar refractivity (Wildman–Crippen MR) is 95.0 cm³/mol. The van der Waals surface area contributed by atoms with Crippen LogP contribution in [0.2, 0.25) is 0 Å². The third-order valence-corrected chi connectivity index (χ3v) is 4.77. The van der Waals surface area contributed by atoms with E-state index in [9.17, 15) is 4.55 Å². The van der Waals surface area contributed by atoms with Crippen LogP contribution in [-0.2, 0) is 11.2 Å². The molecule has 1 atom stereocenters. The van der Waals surface area contributed by atoms with Gasteiger partial charge in [-0.15, -0.1) is 0 Å². The Bertz CT molecular complexity index is 997. The van der Waals surface area contributed by atoms with Gasteiger partial charge in [-0.1, -0.05) is 12.1 Å². The molecule has 118 valence electrons. The van der Waals surface area contributed by atoms with Crippen LogP contribution in [0, 0.1) is 0 Å². The minimum absolute atomic E-state index is 0.725. The van der Waals surface area contributed by atoms with E-state index in [2.05, 4.69) is 9.97 Å². The molecule has 4 aromatic rings. The summed E-state index contributed by atoms with van der Waals surface area (Å²) in [4.78, 5) is 9.22. The highest BCUT2D eigenvalue weighted by Gasteiger charge is 2.14. The zero-order chi connectivity index (χ0) is 16.5. The molecule has 3 aromatic heterocycles. The summed E-state index contributed by atoms with van der Waals surface area (Å²) in [5, 5.41) is 0. The number of nitrogens with zero attached hydrogens (tertiary/aromatic N) is 2. The van der Waals surface area contributed by atoms with Gasteiger partial charge in [0.15, 0.2) is 10.5 Å². The third-order valence-electron chi connectivity index (χ3n) is 3.85. The molecule has 0 aliphatic carbocycles. The van der Waals surface area contributed by atoms with E-state index >= 15 is 0 Å². The number of fused-ring (bicyclic) bond motifs is 1. The molecule has 0 saturated carbocycles. The zero-order valence-electron chi connectivity index (χ0n) is 13.0. The van der Waals surface area contributed by atoms with Crippen LogP contribution in [0.25, 0.3) is 33.6 Å². The number of hydrogen-bond donors (Lipinski definition) is 0. The number of pyridine rings is 2. The van der Waals surface area contributed by atoms with Crippen LogP contribution >= 0.6 is 0 Å². The van der Waals surface area contributed by atoms with Crippen LogP contribution in [0.3, 0.4) is 0 Å². The molecular weight excluding hydrogens is 320 g/mol. The Hall–Kier alpha value is -2.63. The first-order chi connectivity index (χ1) is 11.7. The van der Waals surface area contributed by atoms with Crippen molar-refractivity contribution in [3.8, 4) is 22.5 Å². The highest BCUT2D eigenvalue weighted by molar-refractivity contribution is 7.90. The van der Waals surface area contributed by atoms with Gasteiger partial charge in [-0.2, -0.15) is 0 Å². The molecule has 0 amide bonds. The molecule has 5 heteroatoms. The van der Waals surface area contributed by atoms with Crippen LogP contribution in [0.15, 0.2) is 76.4 Å². The lowest BCUT2D eigenvalue weighted by Gasteiger charge is -2.07. The zero-order valence-corrected chi connectivity index (χ0v) is 13.8. The quantitative estimate of drug-likeness (QED) is 0.524. The molecule has 4 rings (SSSR count). The average molecular weight is 334 g/mol. The minimum Gasteiger partial charge on any atom is -0.612 e. The van der Waals surface area contributed by atoms with Crippen molar-refractivity contribution in [1.29, 1.82) is 0 Å². The van der Waals surface area contributed by atoms with Crippen LogP contribution in [-0.4, -0.2) is 20.8 Å². The fourth-order valence-electron chi connectivity index (χ4n) is 2.67. The molecule has 0 radical (unpaired) electrons. The molecular formula is C19H14N2O2S. The van der Waals surface area contributed by atoms with Crippen LogP contribution in [0.1, 0.15) is 0 Å². The molecule has 24 heavy (non-hydrogen) atoms. The third kappa shape index (κ3) is 2.68. The van der Waals surface area contributed by atoms with Crippen molar-refractivity contribution in [3.05, 3.63) is 67.1 Å². The lowest BCUT2D eigenvalue weighted by Crippen LogP contribution is -1.96. The summed E-state index contributed by atoms with van der Waals surface area (Å²) in [6.45, 7) is 0. The standard InChI is InChI=1S/C19H14N2O2S/c1-24(22)15-4-2-3-14(11-15)16-7-10-21-17-12-18(23-19(16)17)13-5-8-20-9-6-13/h2-12H,1H3. The summed E-state index contributed by atoms with van der Waals surface area (Å²) in [6, 6.07) is 15.3. The Morgan fingerprint density at radius 1 is 0.958 bits per heavy atom. The summed E-state index contributed by atoms with van der Waals surface area (Å²) in [5.74, 6) is 0.752. The Morgan fingerprint density at radius 2 is 1.79 bits per heavy atom. The molecule has 0 aliphatic heterocycles. The molecule has 0 aliphatic rings. The summed E-state index contributed by atoms with van der Waals surface area (Å²) in [6.07, 6.45) is 6.91. The summed E-state index contributed by atoms with van der Waals surface area (Å²) >= 11 is -1.02. The first-order valence-electron chi connectivity index (χ1n) is 7.45. The largest absolute Gasteiger partial charge is 0.612 e. The van der Waals surface area contributed by atoms with Gasteiger partial charge in [0.05, 0.1) is 0 Å². The first kappa shape index (κ1) is 14.9. The Morgan fingerprint density at radius 3 is 2.58 bits per heavy atom. The number of furan rings is 1. The van der Waals surface area contributed by atoms with E-state index < -0.39 is 11.2 Å². The first-order valence-corrected chi connectivity index (χ1v) is 9.01. The molecule has 0 N–H and O–H groups in total. The van der Waals surface area contributed by atoms with Crippen LogP contribution in [0.5, 0.6) is 0 Å². The Balaban J connectivity index is 1.88. The highest BCUT2D eigenvalue weighted by atomic mass is 32.2. The SMILES string of the molecule is C[S+]([O-])c1cccc(-c2ccnc3cc(-c4ccncc4)oc23)c1. The molecule has 0 spiro atoms. The van der Waals surface area contributed by atoms with Gasteiger partial charge in [0.25, 0.3) is 0 Å². The summed E-state index contributed by atoms with van der Waals surface area (Å²) in [7, 11) is 0. The molecule has 4 nitrogen and oxygen atoms in total. The predicted octanol–water partition coefficient (Wildman–Crippen LogP) is 4.29. The monoisotopic (exact) mass is 334 g/mol. The maximum absolute atomic E-state index is 11.8. The normalized spacial score (nSPS) is 12.4. The van der Waals surface area contributed by atoms with E-state index in [0.29, 0.717) is 0 Å². The minimum atomic E-state index is -1.02. The molecule has 1 aromatic carbocycles. The van der Waals surface area contributed by atoms with Crippen molar-refractivity contribution in [3.63, 3.8) is 0 Å². The van der Waals surface area contributed by atoms with E-state index in [1.54, 1.807) is 24.8 Å². The van der Waals surface area contributed by atoms with Gasteiger partial charge in [-0.25, -0.2) is 0 Å². The van der Waals surface area contributed by atoms with Gasteiger partial charge in [0, 0.05) is 41.9 Å². The maximum atomic E-state index is 11.8. The lowest BCUT2D eigenvalue weighted by molar-refractivity contribution is 0.601. The Labute approximate surface area is 142 Å². The number of hydrogen-bond acceptors (Lipinski definition) is 4. The van der Waals surface area contributed by atoms with Crippen molar-refractivity contribution < 1.29 is 8.97 Å². The van der Waals surface area contributed by atoms with Crippen molar-refractivity contribution in [2.24, 2.45) is 0 Å². The van der Waals surface area contributed by atoms with Gasteiger partial charge < -0.3 is 8.97 Å². The van der Waals surface area contributed by atoms with Crippen LogP contribution < -0.4 is 0 Å². The van der Waals surface area contributed by atoms with Crippen molar-refractivity contribution in [1.82, 2.24) is 9.97 Å². The Kier molecular flexibility index (Phi) is 3.80. The van der Waals surface area contributed by atoms with E-state index in [0.717, 1.165) is 38.4 Å². The average Bonchev–Trinajstić information content (AvgIpc) is 3.07. The number of aromatic nitrogens is 2. The molecule has 3 heterocycles. The second kappa shape index (κ2) is 6.11. The fraction of sp³-hybridized carbons (Fsp3) is 0.0526. The van der Waals surface area contributed by atoms with E-state index in [1.165, 1.54) is 0 Å². The van der Waals surface area contributed by atoms with E-state index in [-0.39, 0.29) is 0 Å². The van der Waals surface area contributed by atoms with Crippen molar-refractivity contribution in [2.45, 2.75) is 4.90 Å². The smallest absolute Gasteiger partial charge is 0.161 e. The van der Waals surface area contributed by atoms with E-state index in [4.69, 9.17) is 4.42 Å². The molecule has 0 fully saturated rings. The van der Waals surface area contributed by atoms with Gasteiger partial charge in [0.1, 0.15) is 17.5 Å². The topological polar surface area (TPSA) is 62.0 Å². The van der Waals surface area contributed by atoms with Gasteiger partial charge in [0.2, 0.25) is 0 Å². The van der Waals surface area contributed by atoms with Crippen molar-refractivity contribution in [2.75, 3.05) is 6.26 Å². The molecule has 1 unspecified atom stereocenters. The van der Waals surface area contributed by atoms with E-state index in [1.807, 2.05) is 48.5 Å². The van der Waals surface area contributed by atoms with Gasteiger partial charge >= 0.3 is 0 Å². The fourth-order valence-corrected chi connectivity index (χ4v) is 3.23. The summed E-state index contributed by atoms with van der Waals surface area (Å²) < 4.78 is 17.8. The molecule has 0 saturated heterocycles. The summed E-state index contributed by atoms with van der Waals surface area (Å²) in [5.41, 5.74) is 4.38. The number of benzene rings is 1. The highest BCUT2D eigenvalue weighted by Crippen LogP contribution is 2.34.